The Bertz CT molecular complexity index is 948. The molecule has 156 valence electrons. The van der Waals surface area contributed by atoms with E-state index < -0.39 is 0 Å². The van der Waals surface area contributed by atoms with Gasteiger partial charge in [-0.3, -0.25) is 0 Å². The molecule has 3 N–H and O–H groups in total. The van der Waals surface area contributed by atoms with E-state index in [9.17, 15) is 5.11 Å². The summed E-state index contributed by atoms with van der Waals surface area (Å²) >= 11 is 1.71. The molecule has 1 aliphatic carbocycles. The Kier molecular flexibility index (Phi) is 7.03. The first-order valence-corrected chi connectivity index (χ1v) is 11.6. The number of anilines is 1. The number of hydrogen-bond acceptors (Lipinski definition) is 3. The van der Waals surface area contributed by atoms with Crippen LogP contribution in [0.15, 0.2) is 71.0 Å². The van der Waals surface area contributed by atoms with Crippen LogP contribution in [0.25, 0.3) is 11.1 Å². The summed E-state index contributed by atoms with van der Waals surface area (Å²) in [5, 5.41) is 19.4. The van der Waals surface area contributed by atoms with Crippen molar-refractivity contribution in [3.05, 3.63) is 70.9 Å². The summed E-state index contributed by atoms with van der Waals surface area (Å²) in [7, 11) is 0. The number of nitrogens with zero attached hydrogens (tertiary/aromatic N) is 1. The van der Waals surface area contributed by atoms with Crippen molar-refractivity contribution in [2.24, 2.45) is 10.9 Å². The van der Waals surface area contributed by atoms with Gasteiger partial charge in [-0.15, -0.1) is 11.3 Å². The number of aromatic hydroxyl groups is 1. The maximum absolute atomic E-state index is 10.5. The second kappa shape index (κ2) is 10.3. The van der Waals surface area contributed by atoms with Gasteiger partial charge >= 0.3 is 0 Å². The van der Waals surface area contributed by atoms with Gasteiger partial charge in [0.05, 0.1) is 12.2 Å². The standard InChI is InChI=1S/C25H29N3OS/c29-24-14-13-21(20-10-5-2-6-11-20)16-23(24)28-25(27-18-22-12-7-15-30-22)26-17-19-8-3-1-4-9-19/h2,5-7,10-16,19,29H,1,3-4,8-9,17-18H2,(H2,26,27,28). The van der Waals surface area contributed by atoms with Gasteiger partial charge in [0.2, 0.25) is 0 Å². The number of guanidine groups is 1. The quantitative estimate of drug-likeness (QED) is 0.251. The van der Waals surface area contributed by atoms with Crippen molar-refractivity contribution in [3.63, 3.8) is 0 Å². The second-order valence-electron chi connectivity index (χ2n) is 7.85. The zero-order chi connectivity index (χ0) is 20.6. The van der Waals surface area contributed by atoms with E-state index in [1.165, 1.54) is 37.0 Å². The van der Waals surface area contributed by atoms with Gasteiger partial charge in [-0.25, -0.2) is 4.99 Å². The molecule has 0 bridgehead atoms. The molecule has 4 rings (SSSR count). The number of aliphatic imine (C=N–C) groups is 1. The molecular formula is C25H29N3OS. The average Bonchev–Trinajstić information content (AvgIpc) is 3.32. The van der Waals surface area contributed by atoms with E-state index >= 15 is 0 Å². The van der Waals surface area contributed by atoms with Crippen molar-refractivity contribution in [1.82, 2.24) is 5.32 Å². The van der Waals surface area contributed by atoms with Crippen molar-refractivity contribution in [2.75, 3.05) is 11.9 Å². The molecule has 4 nitrogen and oxygen atoms in total. The molecule has 0 radical (unpaired) electrons. The highest BCUT2D eigenvalue weighted by Crippen LogP contribution is 2.30. The van der Waals surface area contributed by atoms with Gasteiger partial charge in [0.1, 0.15) is 5.75 Å². The zero-order valence-corrected chi connectivity index (χ0v) is 18.0. The summed E-state index contributed by atoms with van der Waals surface area (Å²) in [6, 6.07) is 20.0. The highest BCUT2D eigenvalue weighted by Gasteiger charge is 2.14. The lowest BCUT2D eigenvalue weighted by atomic mass is 9.89. The molecule has 3 aromatic rings. The van der Waals surface area contributed by atoms with Crippen LogP contribution in [-0.4, -0.2) is 17.6 Å². The van der Waals surface area contributed by atoms with Crippen LogP contribution in [-0.2, 0) is 6.54 Å². The van der Waals surface area contributed by atoms with E-state index in [1.54, 1.807) is 17.4 Å². The number of rotatable bonds is 6. The SMILES string of the molecule is Oc1ccc(-c2ccccc2)cc1NC(=NCc1cccs1)NCC1CCCCC1. The number of phenols is 1. The van der Waals surface area contributed by atoms with Crippen LogP contribution in [0.5, 0.6) is 5.75 Å². The van der Waals surface area contributed by atoms with Crippen molar-refractivity contribution >= 4 is 23.0 Å². The predicted molar refractivity (Wildman–Crippen MR) is 127 cm³/mol. The first-order chi connectivity index (χ1) is 14.8. The van der Waals surface area contributed by atoms with Crippen molar-refractivity contribution < 1.29 is 5.11 Å². The molecule has 0 amide bonds. The van der Waals surface area contributed by atoms with Crippen molar-refractivity contribution in [1.29, 1.82) is 0 Å². The molecular weight excluding hydrogens is 390 g/mol. The van der Waals surface area contributed by atoms with Crippen LogP contribution in [0.1, 0.15) is 37.0 Å². The summed E-state index contributed by atoms with van der Waals surface area (Å²) in [4.78, 5) is 6.00. The smallest absolute Gasteiger partial charge is 0.196 e. The first kappa shape index (κ1) is 20.5. The molecule has 1 aromatic heterocycles. The molecule has 1 heterocycles. The van der Waals surface area contributed by atoms with E-state index in [4.69, 9.17) is 4.99 Å². The van der Waals surface area contributed by atoms with Gasteiger partial charge in [-0.05, 0) is 53.5 Å². The zero-order valence-electron chi connectivity index (χ0n) is 17.2. The third kappa shape index (κ3) is 5.63. The summed E-state index contributed by atoms with van der Waals surface area (Å²) < 4.78 is 0. The topological polar surface area (TPSA) is 56.6 Å². The Hall–Kier alpha value is -2.79. The first-order valence-electron chi connectivity index (χ1n) is 10.7. The number of thiophene rings is 1. The fourth-order valence-electron chi connectivity index (χ4n) is 3.91. The Morgan fingerprint density at radius 3 is 2.57 bits per heavy atom. The van der Waals surface area contributed by atoms with E-state index in [0.29, 0.717) is 18.2 Å². The van der Waals surface area contributed by atoms with Crippen LogP contribution in [0.2, 0.25) is 0 Å². The molecule has 0 spiro atoms. The third-order valence-electron chi connectivity index (χ3n) is 5.61. The largest absolute Gasteiger partial charge is 0.506 e. The lowest BCUT2D eigenvalue weighted by Gasteiger charge is -2.23. The number of nitrogens with one attached hydrogen (secondary N) is 2. The van der Waals surface area contributed by atoms with Crippen LogP contribution in [0.4, 0.5) is 5.69 Å². The molecule has 0 aliphatic heterocycles. The molecule has 1 fully saturated rings. The highest BCUT2D eigenvalue weighted by molar-refractivity contribution is 7.09. The summed E-state index contributed by atoms with van der Waals surface area (Å²) in [5.74, 6) is 1.63. The van der Waals surface area contributed by atoms with Crippen LogP contribution >= 0.6 is 11.3 Å². The molecule has 2 aromatic carbocycles. The maximum atomic E-state index is 10.5. The summed E-state index contributed by atoms with van der Waals surface area (Å²) in [6.45, 7) is 1.53. The minimum Gasteiger partial charge on any atom is -0.506 e. The van der Waals surface area contributed by atoms with Gasteiger partial charge in [-0.2, -0.15) is 0 Å². The Labute approximate surface area is 182 Å². The average molecular weight is 420 g/mol. The van der Waals surface area contributed by atoms with Crippen molar-refractivity contribution in [2.45, 2.75) is 38.6 Å². The van der Waals surface area contributed by atoms with E-state index in [-0.39, 0.29) is 5.75 Å². The number of hydrogen-bond donors (Lipinski definition) is 3. The third-order valence-corrected chi connectivity index (χ3v) is 6.47. The molecule has 30 heavy (non-hydrogen) atoms. The van der Waals surface area contributed by atoms with E-state index in [0.717, 1.165) is 23.6 Å². The highest BCUT2D eigenvalue weighted by atomic mass is 32.1. The van der Waals surface area contributed by atoms with Gasteiger partial charge in [-0.1, -0.05) is 61.7 Å². The van der Waals surface area contributed by atoms with E-state index in [1.807, 2.05) is 36.4 Å². The lowest BCUT2D eigenvalue weighted by molar-refractivity contribution is 0.356. The second-order valence-corrected chi connectivity index (χ2v) is 8.88. The summed E-state index contributed by atoms with van der Waals surface area (Å²) in [6.07, 6.45) is 6.55. The van der Waals surface area contributed by atoms with E-state index in [2.05, 4.69) is 34.2 Å². The van der Waals surface area contributed by atoms with Gasteiger partial charge in [0.25, 0.3) is 0 Å². The predicted octanol–water partition coefficient (Wildman–Crippen LogP) is 6.26. The molecule has 1 aliphatic rings. The molecule has 1 saturated carbocycles. The Morgan fingerprint density at radius 2 is 1.80 bits per heavy atom. The van der Waals surface area contributed by atoms with Crippen LogP contribution in [0.3, 0.4) is 0 Å². The monoisotopic (exact) mass is 419 g/mol. The minimum absolute atomic E-state index is 0.220. The molecule has 0 saturated heterocycles. The number of phenolic OH excluding ortho intramolecular Hbond substituents is 1. The van der Waals surface area contributed by atoms with Crippen molar-refractivity contribution in [3.8, 4) is 16.9 Å². The summed E-state index contributed by atoms with van der Waals surface area (Å²) in [5.41, 5.74) is 2.84. The van der Waals surface area contributed by atoms with Gasteiger partial charge in [0.15, 0.2) is 5.96 Å². The fourth-order valence-corrected chi connectivity index (χ4v) is 4.53. The molecule has 5 heteroatoms. The molecule has 0 atom stereocenters. The van der Waals surface area contributed by atoms with Gasteiger partial charge in [0, 0.05) is 11.4 Å². The normalized spacial score (nSPS) is 15.1. The number of benzene rings is 2. The Balaban J connectivity index is 1.51. The molecule has 0 unspecified atom stereocenters. The maximum Gasteiger partial charge on any atom is 0.196 e. The lowest BCUT2D eigenvalue weighted by Crippen LogP contribution is -2.35. The van der Waals surface area contributed by atoms with Crippen LogP contribution in [0, 0.1) is 5.92 Å². The minimum atomic E-state index is 0.220. The van der Waals surface area contributed by atoms with Gasteiger partial charge < -0.3 is 15.7 Å². The van der Waals surface area contributed by atoms with Crippen LogP contribution < -0.4 is 10.6 Å². The fraction of sp³-hybridized carbons (Fsp3) is 0.320. The Morgan fingerprint density at radius 1 is 0.967 bits per heavy atom.